The van der Waals surface area contributed by atoms with Crippen LogP contribution in [0.15, 0.2) is 6.07 Å². The van der Waals surface area contributed by atoms with Crippen molar-refractivity contribution in [3.8, 4) is 0 Å². The third-order valence-corrected chi connectivity index (χ3v) is 5.47. The van der Waals surface area contributed by atoms with Crippen molar-refractivity contribution in [2.75, 3.05) is 0 Å². The van der Waals surface area contributed by atoms with Crippen molar-refractivity contribution in [3.63, 3.8) is 0 Å². The Hall–Kier alpha value is -0.860. The third-order valence-electron chi connectivity index (χ3n) is 5.47. The van der Waals surface area contributed by atoms with E-state index in [0.717, 1.165) is 25.7 Å². The Morgan fingerprint density at radius 1 is 1.15 bits per heavy atom. The second-order valence-electron chi connectivity index (χ2n) is 6.12. The standard InChI is InChI=1S/C18H29NO/c1-7-14-13(6)12(5)11-15-16(8-2)19(20)18(9-3,10-4)17(14)15/h11,16,20H,7-10H2,1-6H3. The predicted octanol–water partition coefficient (Wildman–Crippen LogP) is 5.04. The molecule has 2 nitrogen and oxygen atoms in total. The first kappa shape index (κ1) is 15.5. The molecule has 112 valence electrons. The molecule has 0 aromatic heterocycles. The zero-order chi connectivity index (χ0) is 15.1. The van der Waals surface area contributed by atoms with E-state index < -0.39 is 0 Å². The molecule has 0 aliphatic carbocycles. The van der Waals surface area contributed by atoms with Gasteiger partial charge in [0.15, 0.2) is 0 Å². The fourth-order valence-electron chi connectivity index (χ4n) is 4.13. The second-order valence-corrected chi connectivity index (χ2v) is 6.12. The third kappa shape index (κ3) is 1.85. The normalized spacial score (nSPS) is 21.2. The zero-order valence-electron chi connectivity index (χ0n) is 13.9. The van der Waals surface area contributed by atoms with Crippen LogP contribution in [-0.2, 0) is 12.0 Å². The number of aryl methyl sites for hydroxylation is 1. The monoisotopic (exact) mass is 275 g/mol. The van der Waals surface area contributed by atoms with Gasteiger partial charge in [0.2, 0.25) is 0 Å². The number of benzene rings is 1. The highest BCUT2D eigenvalue weighted by Crippen LogP contribution is 2.52. The molecule has 2 rings (SSSR count). The predicted molar refractivity (Wildman–Crippen MR) is 84.2 cm³/mol. The second kappa shape index (κ2) is 5.50. The summed E-state index contributed by atoms with van der Waals surface area (Å²) in [6, 6.07) is 2.46. The van der Waals surface area contributed by atoms with Gasteiger partial charge < -0.3 is 5.21 Å². The summed E-state index contributed by atoms with van der Waals surface area (Å²) in [5.41, 5.74) is 6.80. The van der Waals surface area contributed by atoms with Crippen LogP contribution in [-0.4, -0.2) is 10.3 Å². The van der Waals surface area contributed by atoms with Crippen molar-refractivity contribution in [1.82, 2.24) is 5.06 Å². The van der Waals surface area contributed by atoms with Gasteiger partial charge in [-0.1, -0.05) is 33.8 Å². The smallest absolute Gasteiger partial charge is 0.0716 e. The first-order valence-electron chi connectivity index (χ1n) is 8.10. The summed E-state index contributed by atoms with van der Waals surface area (Å²) in [5.74, 6) is 0. The highest BCUT2D eigenvalue weighted by atomic mass is 16.5. The quantitative estimate of drug-likeness (QED) is 0.832. The molecule has 0 saturated carbocycles. The average molecular weight is 275 g/mol. The van der Waals surface area contributed by atoms with Crippen molar-refractivity contribution in [3.05, 3.63) is 33.9 Å². The summed E-state index contributed by atoms with van der Waals surface area (Å²) in [4.78, 5) is 0. The van der Waals surface area contributed by atoms with E-state index in [1.165, 1.54) is 27.8 Å². The van der Waals surface area contributed by atoms with Gasteiger partial charge in [0, 0.05) is 0 Å². The van der Waals surface area contributed by atoms with E-state index in [-0.39, 0.29) is 11.6 Å². The van der Waals surface area contributed by atoms with E-state index in [4.69, 9.17) is 0 Å². The van der Waals surface area contributed by atoms with Crippen molar-refractivity contribution < 1.29 is 5.21 Å². The first-order chi connectivity index (χ1) is 9.48. The molecule has 0 saturated heterocycles. The van der Waals surface area contributed by atoms with Crippen LogP contribution in [0.25, 0.3) is 0 Å². The van der Waals surface area contributed by atoms with Crippen LogP contribution in [0.2, 0.25) is 0 Å². The van der Waals surface area contributed by atoms with Gasteiger partial charge in [0.05, 0.1) is 11.6 Å². The van der Waals surface area contributed by atoms with E-state index >= 15 is 0 Å². The molecular formula is C18H29NO. The van der Waals surface area contributed by atoms with Crippen molar-refractivity contribution in [1.29, 1.82) is 0 Å². The Morgan fingerprint density at radius 3 is 2.20 bits per heavy atom. The number of fused-ring (bicyclic) bond motifs is 1. The van der Waals surface area contributed by atoms with E-state index in [1.807, 2.05) is 0 Å². The highest BCUT2D eigenvalue weighted by molar-refractivity contribution is 5.52. The topological polar surface area (TPSA) is 23.5 Å². The number of hydrogen-bond acceptors (Lipinski definition) is 2. The van der Waals surface area contributed by atoms with E-state index in [0.29, 0.717) is 0 Å². The number of nitrogens with zero attached hydrogens (tertiary/aromatic N) is 1. The van der Waals surface area contributed by atoms with Gasteiger partial charge in [-0.25, -0.2) is 0 Å². The summed E-state index contributed by atoms with van der Waals surface area (Å²) in [6.07, 6.45) is 3.91. The lowest BCUT2D eigenvalue weighted by atomic mass is 9.79. The SMILES string of the molecule is CCc1c(C)c(C)cc2c1C(CC)(CC)N(O)C2CC. The maximum absolute atomic E-state index is 10.9. The lowest BCUT2D eigenvalue weighted by molar-refractivity contribution is -0.200. The number of rotatable bonds is 4. The van der Waals surface area contributed by atoms with Crippen LogP contribution in [0, 0.1) is 13.8 Å². The molecular weight excluding hydrogens is 246 g/mol. The van der Waals surface area contributed by atoms with Crippen molar-refractivity contribution >= 4 is 0 Å². The van der Waals surface area contributed by atoms with Crippen molar-refractivity contribution in [2.45, 2.75) is 78.8 Å². The van der Waals surface area contributed by atoms with E-state index in [9.17, 15) is 5.21 Å². The average Bonchev–Trinajstić information content (AvgIpc) is 2.68. The molecule has 0 amide bonds. The molecule has 0 fully saturated rings. The summed E-state index contributed by atoms with van der Waals surface area (Å²) < 4.78 is 0. The fraction of sp³-hybridized carbons (Fsp3) is 0.667. The minimum atomic E-state index is -0.195. The lowest BCUT2D eigenvalue weighted by Crippen LogP contribution is -2.40. The molecule has 2 heteroatoms. The zero-order valence-corrected chi connectivity index (χ0v) is 13.9. The van der Waals surface area contributed by atoms with Gasteiger partial charge in [-0.05, 0) is 67.3 Å². The highest BCUT2D eigenvalue weighted by Gasteiger charge is 2.48. The molecule has 1 aromatic rings. The molecule has 0 bridgehead atoms. The van der Waals surface area contributed by atoms with Gasteiger partial charge in [-0.3, -0.25) is 0 Å². The minimum absolute atomic E-state index is 0.148. The maximum atomic E-state index is 10.9. The van der Waals surface area contributed by atoms with Gasteiger partial charge in [0.25, 0.3) is 0 Å². The molecule has 1 aliphatic rings. The lowest BCUT2D eigenvalue weighted by Gasteiger charge is -2.37. The number of hydrogen-bond donors (Lipinski definition) is 1. The first-order valence-corrected chi connectivity index (χ1v) is 8.10. The molecule has 1 unspecified atom stereocenters. The molecule has 1 heterocycles. The van der Waals surface area contributed by atoms with Gasteiger partial charge in [-0.2, -0.15) is 5.06 Å². The molecule has 1 aliphatic heterocycles. The largest absolute Gasteiger partial charge is 0.313 e. The molecule has 0 radical (unpaired) electrons. The van der Waals surface area contributed by atoms with Crippen LogP contribution < -0.4 is 0 Å². The Labute approximate surface area is 123 Å². The van der Waals surface area contributed by atoms with Gasteiger partial charge in [-0.15, -0.1) is 0 Å². The fourth-order valence-corrected chi connectivity index (χ4v) is 4.13. The van der Waals surface area contributed by atoms with E-state index in [2.05, 4.69) is 47.6 Å². The van der Waals surface area contributed by atoms with Crippen LogP contribution in [0.1, 0.15) is 80.8 Å². The Morgan fingerprint density at radius 2 is 1.75 bits per heavy atom. The van der Waals surface area contributed by atoms with Crippen molar-refractivity contribution in [2.24, 2.45) is 0 Å². The summed E-state index contributed by atoms with van der Waals surface area (Å²) in [5, 5.41) is 12.5. The molecule has 0 spiro atoms. The maximum Gasteiger partial charge on any atom is 0.0716 e. The Balaban J connectivity index is 2.82. The minimum Gasteiger partial charge on any atom is -0.313 e. The number of hydroxylamine groups is 2. The summed E-state index contributed by atoms with van der Waals surface area (Å²) >= 11 is 0. The van der Waals surface area contributed by atoms with Crippen LogP contribution in [0.5, 0.6) is 0 Å². The summed E-state index contributed by atoms with van der Waals surface area (Å²) in [7, 11) is 0. The van der Waals surface area contributed by atoms with Gasteiger partial charge in [0.1, 0.15) is 0 Å². The van der Waals surface area contributed by atoms with Crippen LogP contribution in [0.3, 0.4) is 0 Å². The molecule has 1 atom stereocenters. The van der Waals surface area contributed by atoms with Crippen LogP contribution in [0.4, 0.5) is 0 Å². The van der Waals surface area contributed by atoms with Gasteiger partial charge >= 0.3 is 0 Å². The molecule has 1 N–H and O–H groups in total. The Bertz CT molecular complexity index is 503. The molecule has 1 aromatic carbocycles. The summed E-state index contributed by atoms with van der Waals surface area (Å²) in [6.45, 7) is 13.2. The van der Waals surface area contributed by atoms with Crippen LogP contribution >= 0.6 is 0 Å². The Kier molecular flexibility index (Phi) is 4.27. The molecule has 20 heavy (non-hydrogen) atoms. The van der Waals surface area contributed by atoms with E-state index in [1.54, 1.807) is 5.06 Å².